The number of aromatic nitrogens is 2. The molecule has 4 heteroatoms. The van der Waals surface area contributed by atoms with Crippen LogP contribution >= 0.6 is 0 Å². The van der Waals surface area contributed by atoms with Crippen molar-refractivity contribution in [1.29, 1.82) is 0 Å². The summed E-state index contributed by atoms with van der Waals surface area (Å²) in [6.45, 7) is 7.48. The smallest absolute Gasteiger partial charge is 0.225 e. The molecule has 100 valence electrons. The Morgan fingerprint density at radius 3 is 2.44 bits per heavy atom. The highest BCUT2D eigenvalue weighted by atomic mass is 15.3. The zero-order chi connectivity index (χ0) is 13.2. The van der Waals surface area contributed by atoms with Crippen LogP contribution in [0.25, 0.3) is 0 Å². The van der Waals surface area contributed by atoms with Crippen molar-refractivity contribution in [2.45, 2.75) is 58.2 Å². The van der Waals surface area contributed by atoms with Crippen LogP contribution in [0.4, 0.5) is 5.95 Å². The second-order valence-corrected chi connectivity index (χ2v) is 5.77. The predicted octanol–water partition coefficient (Wildman–Crippen LogP) is 2.35. The average Bonchev–Trinajstić information content (AvgIpc) is 3.20. The van der Waals surface area contributed by atoms with Crippen molar-refractivity contribution < 1.29 is 0 Å². The van der Waals surface area contributed by atoms with Crippen molar-refractivity contribution in [3.05, 3.63) is 18.0 Å². The number of rotatable bonds is 6. The van der Waals surface area contributed by atoms with Gasteiger partial charge >= 0.3 is 0 Å². The lowest BCUT2D eigenvalue weighted by Crippen LogP contribution is -2.41. The van der Waals surface area contributed by atoms with E-state index in [-0.39, 0.29) is 5.54 Å². The number of anilines is 1. The van der Waals surface area contributed by atoms with Crippen LogP contribution in [0.3, 0.4) is 0 Å². The van der Waals surface area contributed by atoms with E-state index in [0.29, 0.717) is 0 Å². The Hall–Kier alpha value is -1.16. The molecule has 0 unspecified atom stereocenters. The van der Waals surface area contributed by atoms with Gasteiger partial charge in [-0.1, -0.05) is 6.92 Å². The summed E-state index contributed by atoms with van der Waals surface area (Å²) in [5.41, 5.74) is 1.25. The largest absolute Gasteiger partial charge is 0.339 e. The lowest BCUT2D eigenvalue weighted by molar-refractivity contribution is 0.463. The third-order valence-electron chi connectivity index (χ3n) is 3.94. The van der Waals surface area contributed by atoms with Crippen LogP contribution in [0.5, 0.6) is 0 Å². The van der Waals surface area contributed by atoms with E-state index >= 15 is 0 Å². The maximum absolute atomic E-state index is 4.47. The van der Waals surface area contributed by atoms with Gasteiger partial charge in [0, 0.05) is 43.1 Å². The molecule has 0 bridgehead atoms. The maximum Gasteiger partial charge on any atom is 0.225 e. The summed E-state index contributed by atoms with van der Waals surface area (Å²) >= 11 is 0. The van der Waals surface area contributed by atoms with Gasteiger partial charge in [0.1, 0.15) is 0 Å². The molecule has 1 aliphatic carbocycles. The molecule has 0 atom stereocenters. The summed E-state index contributed by atoms with van der Waals surface area (Å²) in [5.74, 6) is 0.803. The highest BCUT2D eigenvalue weighted by molar-refractivity contribution is 5.32. The fourth-order valence-corrected chi connectivity index (χ4v) is 1.67. The highest BCUT2D eigenvalue weighted by Crippen LogP contribution is 2.21. The molecule has 18 heavy (non-hydrogen) atoms. The van der Waals surface area contributed by atoms with Crippen molar-refractivity contribution in [2.24, 2.45) is 0 Å². The van der Waals surface area contributed by atoms with Crippen LogP contribution in [0, 0.1) is 0 Å². The maximum atomic E-state index is 4.47. The Kier molecular flexibility index (Phi) is 3.85. The van der Waals surface area contributed by atoms with Crippen molar-refractivity contribution in [3.8, 4) is 0 Å². The molecule has 1 N–H and O–H groups in total. The van der Waals surface area contributed by atoms with Crippen LogP contribution in [0.1, 0.15) is 45.6 Å². The molecular weight excluding hydrogens is 224 g/mol. The van der Waals surface area contributed by atoms with Gasteiger partial charge in [0.15, 0.2) is 0 Å². The third kappa shape index (κ3) is 3.19. The minimum atomic E-state index is 0.0911. The number of hydrogen-bond acceptors (Lipinski definition) is 4. The van der Waals surface area contributed by atoms with Gasteiger partial charge in [-0.05, 0) is 33.1 Å². The van der Waals surface area contributed by atoms with E-state index < -0.39 is 0 Å². The first-order valence-electron chi connectivity index (χ1n) is 6.81. The molecule has 0 radical (unpaired) electrons. The Bertz CT molecular complexity index is 381. The Morgan fingerprint density at radius 1 is 1.33 bits per heavy atom. The molecule has 0 saturated heterocycles. The first kappa shape index (κ1) is 13.3. The fraction of sp³-hybridized carbons (Fsp3) is 0.714. The Morgan fingerprint density at radius 2 is 1.94 bits per heavy atom. The van der Waals surface area contributed by atoms with Gasteiger partial charge in [0.05, 0.1) is 0 Å². The average molecular weight is 248 g/mol. The molecule has 0 amide bonds. The van der Waals surface area contributed by atoms with Gasteiger partial charge in [0.25, 0.3) is 0 Å². The number of nitrogens with one attached hydrogen (secondary N) is 1. The molecule has 1 heterocycles. The second kappa shape index (κ2) is 5.22. The first-order chi connectivity index (χ1) is 8.53. The van der Waals surface area contributed by atoms with E-state index in [1.54, 1.807) is 0 Å². The summed E-state index contributed by atoms with van der Waals surface area (Å²) < 4.78 is 0. The minimum absolute atomic E-state index is 0.0911. The molecule has 0 aliphatic heterocycles. The quantitative estimate of drug-likeness (QED) is 0.839. The van der Waals surface area contributed by atoms with E-state index in [9.17, 15) is 0 Å². The summed E-state index contributed by atoms with van der Waals surface area (Å²) in [6, 6.07) is 0.728. The normalized spacial score (nSPS) is 15.8. The summed E-state index contributed by atoms with van der Waals surface area (Å²) in [7, 11) is 2.06. The monoisotopic (exact) mass is 248 g/mol. The fourth-order valence-electron chi connectivity index (χ4n) is 1.67. The number of hydrogen-bond donors (Lipinski definition) is 1. The molecule has 4 nitrogen and oxygen atoms in total. The van der Waals surface area contributed by atoms with Crippen molar-refractivity contribution >= 4 is 5.95 Å². The minimum Gasteiger partial charge on any atom is -0.339 e. The van der Waals surface area contributed by atoms with Gasteiger partial charge < -0.3 is 10.2 Å². The summed E-state index contributed by atoms with van der Waals surface area (Å²) in [4.78, 5) is 11.1. The predicted molar refractivity (Wildman–Crippen MR) is 74.7 cm³/mol. The second-order valence-electron chi connectivity index (χ2n) is 5.77. The van der Waals surface area contributed by atoms with Crippen molar-refractivity contribution in [3.63, 3.8) is 0 Å². The van der Waals surface area contributed by atoms with E-state index in [0.717, 1.165) is 30.5 Å². The van der Waals surface area contributed by atoms with Gasteiger partial charge in [-0.15, -0.1) is 0 Å². The molecule has 1 fully saturated rings. The molecule has 1 aliphatic rings. The molecule has 1 aromatic rings. The lowest BCUT2D eigenvalue weighted by atomic mass is 10.0. The standard InChI is InChI=1S/C14H24N4/c1-5-14(2,3)18(4)13-16-9-11(10-17-13)8-15-12-6-7-12/h9-10,12,15H,5-8H2,1-4H3. The third-order valence-corrected chi connectivity index (χ3v) is 3.94. The van der Waals surface area contributed by atoms with Gasteiger partial charge in [-0.25, -0.2) is 9.97 Å². The van der Waals surface area contributed by atoms with E-state index in [4.69, 9.17) is 0 Å². The molecule has 1 aromatic heterocycles. The van der Waals surface area contributed by atoms with Crippen LogP contribution in [0.2, 0.25) is 0 Å². The molecular formula is C14H24N4. The summed E-state index contributed by atoms with van der Waals surface area (Å²) in [5, 5.41) is 3.47. The Balaban J connectivity index is 1.97. The van der Waals surface area contributed by atoms with Crippen molar-refractivity contribution in [1.82, 2.24) is 15.3 Å². The van der Waals surface area contributed by atoms with Crippen LogP contribution in [-0.4, -0.2) is 28.6 Å². The van der Waals surface area contributed by atoms with E-state index in [1.165, 1.54) is 12.8 Å². The zero-order valence-electron chi connectivity index (χ0n) is 11.9. The van der Waals surface area contributed by atoms with E-state index in [1.807, 2.05) is 12.4 Å². The van der Waals surface area contributed by atoms with Gasteiger partial charge in [-0.2, -0.15) is 0 Å². The van der Waals surface area contributed by atoms with E-state index in [2.05, 4.69) is 48.0 Å². The first-order valence-corrected chi connectivity index (χ1v) is 6.81. The number of nitrogens with zero attached hydrogens (tertiary/aromatic N) is 3. The molecule has 0 aromatic carbocycles. The topological polar surface area (TPSA) is 41.1 Å². The molecule has 0 spiro atoms. The van der Waals surface area contributed by atoms with Gasteiger partial charge in [-0.3, -0.25) is 0 Å². The Labute approximate surface area is 110 Å². The van der Waals surface area contributed by atoms with Gasteiger partial charge in [0.2, 0.25) is 5.95 Å². The van der Waals surface area contributed by atoms with Crippen LogP contribution < -0.4 is 10.2 Å². The molecule has 1 saturated carbocycles. The van der Waals surface area contributed by atoms with Crippen molar-refractivity contribution in [2.75, 3.05) is 11.9 Å². The summed E-state index contributed by atoms with van der Waals surface area (Å²) in [6.07, 6.45) is 7.55. The SMILES string of the molecule is CCC(C)(C)N(C)c1ncc(CNC2CC2)cn1. The van der Waals surface area contributed by atoms with Crippen LogP contribution in [-0.2, 0) is 6.54 Å². The van der Waals surface area contributed by atoms with Crippen LogP contribution in [0.15, 0.2) is 12.4 Å². The highest BCUT2D eigenvalue weighted by Gasteiger charge is 2.23. The molecule has 2 rings (SSSR count). The lowest BCUT2D eigenvalue weighted by Gasteiger charge is -2.34. The zero-order valence-corrected chi connectivity index (χ0v) is 11.9.